The molecule has 7 heteroatoms. The SMILES string of the molecule is O=c1c2c(nc3cc(-c4ccco4)[nH]n13)CCN(Cc1cccnc1)C2. The maximum absolute atomic E-state index is 13.0. The Morgan fingerprint density at radius 2 is 2.23 bits per heavy atom. The quantitative estimate of drug-likeness (QED) is 0.615. The first-order valence-corrected chi connectivity index (χ1v) is 8.56. The van der Waals surface area contributed by atoms with E-state index in [1.54, 1.807) is 12.5 Å². The van der Waals surface area contributed by atoms with Crippen molar-refractivity contribution in [3.63, 3.8) is 0 Å². The molecule has 1 aliphatic heterocycles. The fourth-order valence-electron chi connectivity index (χ4n) is 3.48. The van der Waals surface area contributed by atoms with Gasteiger partial charge in [0.25, 0.3) is 5.56 Å². The van der Waals surface area contributed by atoms with Gasteiger partial charge in [-0.1, -0.05) is 6.07 Å². The van der Waals surface area contributed by atoms with Gasteiger partial charge in [-0.25, -0.2) is 9.50 Å². The Kier molecular flexibility index (Phi) is 3.46. The molecule has 4 aromatic rings. The highest BCUT2D eigenvalue weighted by Crippen LogP contribution is 2.21. The van der Waals surface area contributed by atoms with Crippen molar-refractivity contribution in [1.29, 1.82) is 0 Å². The molecule has 26 heavy (non-hydrogen) atoms. The third-order valence-corrected chi connectivity index (χ3v) is 4.76. The van der Waals surface area contributed by atoms with Crippen LogP contribution in [0.1, 0.15) is 16.8 Å². The molecule has 0 atom stereocenters. The lowest BCUT2D eigenvalue weighted by Crippen LogP contribution is -2.36. The molecule has 0 fully saturated rings. The molecule has 0 amide bonds. The number of rotatable bonds is 3. The Labute approximate surface area is 148 Å². The summed E-state index contributed by atoms with van der Waals surface area (Å²) in [5, 5.41) is 3.10. The lowest BCUT2D eigenvalue weighted by Gasteiger charge is -2.27. The molecule has 5 rings (SSSR count). The van der Waals surface area contributed by atoms with Gasteiger partial charge in [-0.05, 0) is 23.8 Å². The average molecular weight is 347 g/mol. The van der Waals surface area contributed by atoms with Crippen LogP contribution in [0.3, 0.4) is 0 Å². The first kappa shape index (κ1) is 15.1. The minimum atomic E-state index is -0.0429. The summed E-state index contributed by atoms with van der Waals surface area (Å²) >= 11 is 0. The predicted octanol–water partition coefficient (Wildman–Crippen LogP) is 2.24. The van der Waals surface area contributed by atoms with Crippen LogP contribution in [0.15, 0.2) is 58.2 Å². The maximum Gasteiger partial charge on any atom is 0.277 e. The molecule has 130 valence electrons. The van der Waals surface area contributed by atoms with Gasteiger partial charge >= 0.3 is 0 Å². The van der Waals surface area contributed by atoms with Crippen LogP contribution in [0.4, 0.5) is 0 Å². The number of hydrogen-bond acceptors (Lipinski definition) is 5. The molecule has 7 nitrogen and oxygen atoms in total. The van der Waals surface area contributed by atoms with Crippen LogP contribution < -0.4 is 5.56 Å². The third kappa shape index (κ3) is 2.53. The number of aromatic amines is 1. The molecule has 4 aromatic heterocycles. The summed E-state index contributed by atoms with van der Waals surface area (Å²) in [5.74, 6) is 0.686. The van der Waals surface area contributed by atoms with Crippen LogP contribution in [-0.2, 0) is 19.5 Å². The smallest absolute Gasteiger partial charge is 0.277 e. The second-order valence-electron chi connectivity index (χ2n) is 6.50. The van der Waals surface area contributed by atoms with Gasteiger partial charge in [-0.3, -0.25) is 19.8 Å². The number of furan rings is 1. The minimum Gasteiger partial charge on any atom is -0.463 e. The summed E-state index contributed by atoms with van der Waals surface area (Å²) in [6.45, 7) is 2.24. The van der Waals surface area contributed by atoms with E-state index >= 15 is 0 Å². The highest BCUT2D eigenvalue weighted by Gasteiger charge is 2.23. The molecule has 0 unspecified atom stereocenters. The van der Waals surface area contributed by atoms with Crippen LogP contribution in [0, 0.1) is 0 Å². The van der Waals surface area contributed by atoms with Crippen LogP contribution in [-0.4, -0.2) is 31.0 Å². The van der Waals surface area contributed by atoms with Crippen molar-refractivity contribution in [2.45, 2.75) is 19.5 Å². The van der Waals surface area contributed by atoms with Crippen molar-refractivity contribution in [2.24, 2.45) is 0 Å². The number of nitrogens with zero attached hydrogens (tertiary/aromatic N) is 4. The van der Waals surface area contributed by atoms with Gasteiger partial charge in [0, 0.05) is 44.5 Å². The maximum atomic E-state index is 13.0. The van der Waals surface area contributed by atoms with Crippen LogP contribution in [0.25, 0.3) is 17.1 Å². The Bertz CT molecular complexity index is 1110. The molecule has 0 aliphatic carbocycles. The van der Waals surface area contributed by atoms with E-state index in [4.69, 9.17) is 9.40 Å². The normalized spacial score (nSPS) is 14.6. The van der Waals surface area contributed by atoms with Crippen LogP contribution >= 0.6 is 0 Å². The lowest BCUT2D eigenvalue weighted by molar-refractivity contribution is 0.241. The van der Waals surface area contributed by atoms with Crippen molar-refractivity contribution < 1.29 is 4.42 Å². The number of hydrogen-bond donors (Lipinski definition) is 1. The molecule has 5 heterocycles. The molecule has 0 aromatic carbocycles. The monoisotopic (exact) mass is 347 g/mol. The molecule has 0 saturated carbocycles. The molecule has 0 saturated heterocycles. The van der Waals surface area contributed by atoms with E-state index < -0.39 is 0 Å². The van der Waals surface area contributed by atoms with Crippen LogP contribution in [0.5, 0.6) is 0 Å². The molecule has 0 bridgehead atoms. The van der Waals surface area contributed by atoms with Gasteiger partial charge in [0.05, 0.1) is 17.5 Å². The van der Waals surface area contributed by atoms with E-state index in [-0.39, 0.29) is 5.56 Å². The van der Waals surface area contributed by atoms with Crippen molar-refractivity contribution in [2.75, 3.05) is 6.54 Å². The lowest BCUT2D eigenvalue weighted by atomic mass is 10.1. The third-order valence-electron chi connectivity index (χ3n) is 4.76. The summed E-state index contributed by atoms with van der Waals surface area (Å²) in [5.41, 5.74) is 4.12. The number of pyridine rings is 1. The largest absolute Gasteiger partial charge is 0.463 e. The van der Waals surface area contributed by atoms with Gasteiger partial charge in [-0.2, -0.15) is 0 Å². The number of fused-ring (bicyclic) bond motifs is 2. The van der Waals surface area contributed by atoms with E-state index in [0.29, 0.717) is 18.0 Å². The van der Waals surface area contributed by atoms with E-state index in [2.05, 4.69) is 21.0 Å². The Hall–Kier alpha value is -3.19. The summed E-state index contributed by atoms with van der Waals surface area (Å²) in [6.07, 6.45) is 6.01. The highest BCUT2D eigenvalue weighted by atomic mass is 16.3. The van der Waals surface area contributed by atoms with Crippen molar-refractivity contribution in [3.8, 4) is 11.5 Å². The van der Waals surface area contributed by atoms with Gasteiger partial charge in [-0.15, -0.1) is 0 Å². The van der Waals surface area contributed by atoms with Gasteiger partial charge in [0.1, 0.15) is 5.69 Å². The zero-order valence-corrected chi connectivity index (χ0v) is 14.1. The standard InChI is InChI=1S/C19H17N5O2/c25-19-14-12-23(11-13-3-1-6-20-10-13)7-5-15(14)21-18-9-16(22-24(18)19)17-4-2-8-26-17/h1-4,6,8-10,22H,5,7,11-12H2. The fourth-order valence-corrected chi connectivity index (χ4v) is 3.48. The summed E-state index contributed by atoms with van der Waals surface area (Å²) in [6, 6.07) is 9.51. The second-order valence-corrected chi connectivity index (χ2v) is 6.50. The van der Waals surface area contributed by atoms with E-state index in [0.717, 1.165) is 42.0 Å². The molecule has 1 N–H and O–H groups in total. The first-order valence-electron chi connectivity index (χ1n) is 8.56. The van der Waals surface area contributed by atoms with Crippen molar-refractivity contribution in [1.82, 2.24) is 24.5 Å². The highest BCUT2D eigenvalue weighted by molar-refractivity contribution is 5.59. The zero-order chi connectivity index (χ0) is 17.5. The fraction of sp³-hybridized carbons (Fsp3) is 0.211. The summed E-state index contributed by atoms with van der Waals surface area (Å²) < 4.78 is 6.91. The van der Waals surface area contributed by atoms with Crippen molar-refractivity contribution in [3.05, 3.63) is 76.2 Å². The Balaban J connectivity index is 1.50. The number of aromatic nitrogens is 4. The van der Waals surface area contributed by atoms with Gasteiger partial charge in [0.15, 0.2) is 11.4 Å². The average Bonchev–Trinajstić information content (AvgIpc) is 3.33. The zero-order valence-electron chi connectivity index (χ0n) is 14.1. The summed E-state index contributed by atoms with van der Waals surface area (Å²) in [7, 11) is 0. The van der Waals surface area contributed by atoms with Crippen LogP contribution in [0.2, 0.25) is 0 Å². The number of nitrogens with one attached hydrogen (secondary N) is 1. The molecule has 1 aliphatic rings. The predicted molar refractivity (Wildman–Crippen MR) is 95.6 cm³/mol. The van der Waals surface area contributed by atoms with E-state index in [9.17, 15) is 4.79 Å². The number of H-pyrrole nitrogens is 1. The van der Waals surface area contributed by atoms with E-state index in [1.165, 1.54) is 4.52 Å². The topological polar surface area (TPSA) is 79.4 Å². The van der Waals surface area contributed by atoms with Gasteiger partial charge in [0.2, 0.25) is 0 Å². The summed E-state index contributed by atoms with van der Waals surface area (Å²) in [4.78, 5) is 24.1. The van der Waals surface area contributed by atoms with Gasteiger partial charge < -0.3 is 4.42 Å². The Morgan fingerprint density at radius 3 is 3.04 bits per heavy atom. The first-order chi connectivity index (χ1) is 12.8. The molecular formula is C19H17N5O2. The minimum absolute atomic E-state index is 0.0429. The van der Waals surface area contributed by atoms with E-state index in [1.807, 2.05) is 30.5 Å². The molecule has 0 radical (unpaired) electrons. The molecular weight excluding hydrogens is 330 g/mol. The second kappa shape index (κ2) is 5.96. The van der Waals surface area contributed by atoms with Crippen molar-refractivity contribution >= 4 is 5.65 Å². The molecule has 0 spiro atoms. The Morgan fingerprint density at radius 1 is 1.27 bits per heavy atom.